The van der Waals surface area contributed by atoms with E-state index in [1.807, 2.05) is 66.9 Å². The Kier molecular flexibility index (Phi) is 4.75. The Labute approximate surface area is 179 Å². The normalized spacial score (nSPS) is 11.7. The second-order valence-corrected chi connectivity index (χ2v) is 7.59. The van der Waals surface area contributed by atoms with Crippen molar-refractivity contribution in [2.24, 2.45) is 0 Å². The number of methoxy groups -OCH3 is 1. The second kappa shape index (κ2) is 7.59. The number of rotatable bonds is 5. The molecular weight excluding hydrogens is 390 g/mol. The number of fused-ring (bicyclic) bond motifs is 4. The van der Waals surface area contributed by atoms with E-state index >= 15 is 0 Å². The van der Waals surface area contributed by atoms with E-state index in [4.69, 9.17) is 19.7 Å². The highest BCUT2D eigenvalue weighted by Gasteiger charge is 2.22. The van der Waals surface area contributed by atoms with Gasteiger partial charge in [-0.05, 0) is 31.2 Å². The molecule has 7 heteroatoms. The van der Waals surface area contributed by atoms with Crippen LogP contribution in [0.15, 0.2) is 53.3 Å². The zero-order chi connectivity index (χ0) is 21.5. The first kappa shape index (κ1) is 19.4. The number of ether oxygens (including phenoxy) is 1. The van der Waals surface area contributed by atoms with Gasteiger partial charge in [-0.15, -0.1) is 0 Å². The third kappa shape index (κ3) is 3.09. The van der Waals surface area contributed by atoms with Crippen LogP contribution in [-0.2, 0) is 17.7 Å². The predicted octanol–water partition coefficient (Wildman–Crippen LogP) is 3.80. The van der Waals surface area contributed by atoms with E-state index in [1.54, 1.807) is 11.7 Å². The van der Waals surface area contributed by atoms with Crippen LogP contribution < -0.4 is 5.56 Å². The Morgan fingerprint density at radius 2 is 1.65 bits per heavy atom. The largest absolute Gasteiger partial charge is 0.383 e. The first-order valence-corrected chi connectivity index (χ1v) is 10.4. The summed E-state index contributed by atoms with van der Waals surface area (Å²) in [6.07, 6.45) is 0.632. The van der Waals surface area contributed by atoms with Crippen LogP contribution >= 0.6 is 0 Å². The van der Waals surface area contributed by atoms with E-state index < -0.39 is 0 Å². The molecule has 0 bridgehead atoms. The van der Waals surface area contributed by atoms with Crippen molar-refractivity contribution in [2.75, 3.05) is 13.7 Å². The van der Waals surface area contributed by atoms with Gasteiger partial charge in [-0.3, -0.25) is 13.9 Å². The van der Waals surface area contributed by atoms with Gasteiger partial charge in [0.1, 0.15) is 16.7 Å². The molecule has 0 aliphatic heterocycles. The van der Waals surface area contributed by atoms with Crippen LogP contribution in [0.4, 0.5) is 0 Å². The molecule has 31 heavy (non-hydrogen) atoms. The molecule has 7 nitrogen and oxygen atoms in total. The molecule has 156 valence electrons. The van der Waals surface area contributed by atoms with Gasteiger partial charge in [0, 0.05) is 19.2 Å². The topological polar surface area (TPSA) is 74.8 Å². The van der Waals surface area contributed by atoms with Crippen molar-refractivity contribution in [1.82, 2.24) is 24.1 Å². The van der Waals surface area contributed by atoms with Gasteiger partial charge in [0.25, 0.3) is 5.56 Å². The number of aryl methyl sites for hydroxylation is 2. The minimum absolute atomic E-state index is 0.112. The number of hydrogen-bond donors (Lipinski definition) is 0. The van der Waals surface area contributed by atoms with E-state index in [2.05, 4.69) is 0 Å². The summed E-state index contributed by atoms with van der Waals surface area (Å²) >= 11 is 0. The fraction of sp³-hybridized carbons (Fsp3) is 0.250. The highest BCUT2D eigenvalue weighted by Crippen LogP contribution is 2.28. The maximum Gasteiger partial charge on any atom is 0.265 e. The van der Waals surface area contributed by atoms with E-state index in [9.17, 15) is 4.79 Å². The van der Waals surface area contributed by atoms with Gasteiger partial charge in [0.2, 0.25) is 0 Å². The first-order valence-electron chi connectivity index (χ1n) is 10.4. The van der Waals surface area contributed by atoms with Crippen molar-refractivity contribution in [2.45, 2.75) is 26.8 Å². The average molecular weight is 413 g/mol. The summed E-state index contributed by atoms with van der Waals surface area (Å²) in [6.45, 7) is 4.93. The van der Waals surface area contributed by atoms with Crippen molar-refractivity contribution in [3.63, 3.8) is 0 Å². The molecule has 0 fully saturated rings. The van der Waals surface area contributed by atoms with Crippen LogP contribution in [-0.4, -0.2) is 37.8 Å². The molecule has 0 saturated heterocycles. The number of benzene rings is 2. The lowest BCUT2D eigenvalue weighted by Crippen LogP contribution is -2.27. The molecule has 0 atom stereocenters. The molecule has 2 aromatic carbocycles. The van der Waals surface area contributed by atoms with E-state index in [1.165, 1.54) is 0 Å². The summed E-state index contributed by atoms with van der Waals surface area (Å²) in [7, 11) is 1.63. The average Bonchev–Trinajstić information content (AvgIpc) is 3.10. The van der Waals surface area contributed by atoms with Gasteiger partial charge >= 0.3 is 0 Å². The van der Waals surface area contributed by atoms with Gasteiger partial charge in [-0.1, -0.05) is 36.8 Å². The summed E-state index contributed by atoms with van der Waals surface area (Å²) in [5.74, 6) is 0.718. The summed E-state index contributed by atoms with van der Waals surface area (Å²) in [5, 5.41) is 0.488. The fourth-order valence-electron chi connectivity index (χ4n) is 3.99. The zero-order valence-corrected chi connectivity index (χ0v) is 17.8. The highest BCUT2D eigenvalue weighted by atomic mass is 16.5. The third-order valence-corrected chi connectivity index (χ3v) is 5.57. The monoisotopic (exact) mass is 413 g/mol. The van der Waals surface area contributed by atoms with Crippen LogP contribution in [0.3, 0.4) is 0 Å². The number of nitrogens with zero attached hydrogens (tertiary/aromatic N) is 5. The van der Waals surface area contributed by atoms with Crippen LogP contribution in [0, 0.1) is 6.92 Å². The maximum atomic E-state index is 13.6. The van der Waals surface area contributed by atoms with Crippen molar-refractivity contribution in [3.8, 4) is 5.69 Å². The number of hydrogen-bond acceptors (Lipinski definition) is 5. The maximum absolute atomic E-state index is 13.6. The Hall–Kier alpha value is -3.58. The van der Waals surface area contributed by atoms with E-state index in [0.717, 1.165) is 28.1 Å². The molecule has 0 aliphatic carbocycles. The Bertz CT molecular complexity index is 1480. The molecule has 3 aromatic heterocycles. The smallest absolute Gasteiger partial charge is 0.265 e. The molecule has 5 rings (SSSR count). The molecule has 5 aromatic rings. The Balaban J connectivity index is 1.97. The molecule has 0 aliphatic rings. The molecule has 0 amide bonds. The van der Waals surface area contributed by atoms with Crippen molar-refractivity contribution in [1.29, 1.82) is 0 Å². The molecule has 0 radical (unpaired) electrons. The molecule has 0 spiro atoms. The Morgan fingerprint density at radius 3 is 2.32 bits per heavy atom. The zero-order valence-electron chi connectivity index (χ0n) is 17.8. The molecule has 0 unspecified atom stereocenters. The van der Waals surface area contributed by atoms with Crippen molar-refractivity contribution in [3.05, 3.63) is 70.3 Å². The molecule has 0 saturated carbocycles. The van der Waals surface area contributed by atoms with E-state index in [0.29, 0.717) is 41.8 Å². The predicted molar refractivity (Wildman–Crippen MR) is 122 cm³/mol. The van der Waals surface area contributed by atoms with Crippen LogP contribution in [0.2, 0.25) is 0 Å². The summed E-state index contributed by atoms with van der Waals surface area (Å²) in [5.41, 5.74) is 5.27. The van der Waals surface area contributed by atoms with Gasteiger partial charge in [-0.25, -0.2) is 15.0 Å². The van der Waals surface area contributed by atoms with Gasteiger partial charge in [-0.2, -0.15) is 0 Å². The first-order chi connectivity index (χ1) is 15.1. The third-order valence-electron chi connectivity index (χ3n) is 5.57. The van der Waals surface area contributed by atoms with E-state index in [-0.39, 0.29) is 5.56 Å². The fourth-order valence-corrected chi connectivity index (χ4v) is 3.99. The minimum Gasteiger partial charge on any atom is -0.383 e. The van der Waals surface area contributed by atoms with Gasteiger partial charge in [0.15, 0.2) is 11.3 Å². The quantitative estimate of drug-likeness (QED) is 0.438. The highest BCUT2D eigenvalue weighted by molar-refractivity contribution is 6.05. The van der Waals surface area contributed by atoms with Crippen molar-refractivity contribution >= 4 is 33.2 Å². The summed E-state index contributed by atoms with van der Waals surface area (Å²) in [6, 6.07) is 15.8. The minimum atomic E-state index is -0.112. The summed E-state index contributed by atoms with van der Waals surface area (Å²) in [4.78, 5) is 28.3. The number of aromatic nitrogens is 5. The molecular formula is C24H23N5O2. The Morgan fingerprint density at radius 1 is 0.935 bits per heavy atom. The van der Waals surface area contributed by atoms with Crippen LogP contribution in [0.1, 0.15) is 18.3 Å². The lowest BCUT2D eigenvalue weighted by molar-refractivity contribution is 0.185. The molecule has 3 heterocycles. The molecule has 0 N–H and O–H groups in total. The lowest BCUT2D eigenvalue weighted by atomic mass is 10.2. The SMILES string of the molecule is CCc1nc2c(c(=O)n1CCOC)c1nc3ccccc3nc1n2-c1ccc(C)cc1. The standard InChI is InChI=1S/C24H23N5O2/c1-4-19-27-22-20(24(30)28(19)13-14-31-3)21-23(26-18-8-6-5-7-17(18)25-21)29(22)16-11-9-15(2)10-12-16/h5-12H,4,13-14H2,1-3H3. The van der Waals surface area contributed by atoms with Gasteiger partial charge in [0.05, 0.1) is 24.2 Å². The number of para-hydroxylation sites is 2. The lowest BCUT2D eigenvalue weighted by Gasteiger charge is -2.12. The summed E-state index contributed by atoms with van der Waals surface area (Å²) < 4.78 is 8.87. The van der Waals surface area contributed by atoms with Crippen LogP contribution in [0.5, 0.6) is 0 Å². The van der Waals surface area contributed by atoms with Gasteiger partial charge < -0.3 is 4.74 Å². The van der Waals surface area contributed by atoms with Crippen molar-refractivity contribution < 1.29 is 4.74 Å². The van der Waals surface area contributed by atoms with Crippen LogP contribution in [0.25, 0.3) is 38.9 Å². The second-order valence-electron chi connectivity index (χ2n) is 7.59.